The number of aromatic nitrogens is 4. The van der Waals surface area contributed by atoms with Crippen molar-refractivity contribution in [3.8, 4) is 34.0 Å². The van der Waals surface area contributed by atoms with Crippen LogP contribution in [0.25, 0.3) is 39.2 Å². The van der Waals surface area contributed by atoms with Crippen LogP contribution < -0.4 is 10.5 Å². The highest BCUT2D eigenvalue weighted by Crippen LogP contribution is 2.38. The van der Waals surface area contributed by atoms with Crippen molar-refractivity contribution in [3.05, 3.63) is 82.6 Å². The molecule has 0 spiro atoms. The molecule has 35 heavy (non-hydrogen) atoms. The number of para-hydroxylation sites is 1. The quantitative estimate of drug-likeness (QED) is 0.363. The van der Waals surface area contributed by atoms with Crippen LogP contribution in [0.1, 0.15) is 23.1 Å². The van der Waals surface area contributed by atoms with Crippen LogP contribution in [0.3, 0.4) is 0 Å². The zero-order chi connectivity index (χ0) is 24.5. The summed E-state index contributed by atoms with van der Waals surface area (Å²) in [6.45, 7) is 4.23. The minimum atomic E-state index is -0.695. The number of aryl methyl sites for hydroxylation is 1. The van der Waals surface area contributed by atoms with E-state index in [-0.39, 0.29) is 0 Å². The van der Waals surface area contributed by atoms with Gasteiger partial charge < -0.3 is 14.0 Å². The monoisotopic (exact) mass is 470 g/mol. The summed E-state index contributed by atoms with van der Waals surface area (Å²) in [6.07, 6.45) is 0. The van der Waals surface area contributed by atoms with Crippen molar-refractivity contribution < 1.29 is 18.8 Å². The maximum absolute atomic E-state index is 12.5. The molecule has 5 aromatic rings. The molecule has 0 unspecified atom stereocenters. The number of aromatic amines is 1. The molecule has 0 fully saturated rings. The Kier molecular flexibility index (Phi) is 5.66. The zero-order valence-corrected chi connectivity index (χ0v) is 19.4. The third kappa shape index (κ3) is 3.86. The molecule has 0 atom stereocenters. The van der Waals surface area contributed by atoms with Crippen molar-refractivity contribution in [2.75, 3.05) is 13.7 Å². The van der Waals surface area contributed by atoms with Gasteiger partial charge in [0.05, 0.1) is 36.0 Å². The summed E-state index contributed by atoms with van der Waals surface area (Å²) in [5.41, 5.74) is 4.87. The number of carbonyl (C=O) groups excluding carboxylic acids is 1. The average Bonchev–Trinajstić information content (AvgIpc) is 3.45. The van der Waals surface area contributed by atoms with Gasteiger partial charge in [-0.25, -0.2) is 14.6 Å². The van der Waals surface area contributed by atoms with Gasteiger partial charge in [-0.3, -0.25) is 4.57 Å². The molecule has 9 heteroatoms. The first kappa shape index (κ1) is 22.1. The smallest absolute Gasteiger partial charge is 0.460 e. The number of benzene rings is 3. The first-order valence-electron chi connectivity index (χ1n) is 11.0. The van der Waals surface area contributed by atoms with Crippen LogP contribution in [0.15, 0.2) is 70.0 Å². The lowest BCUT2D eigenvalue weighted by Crippen LogP contribution is -2.06. The predicted octanol–water partition coefficient (Wildman–Crippen LogP) is 4.53. The van der Waals surface area contributed by atoms with Gasteiger partial charge in [0.15, 0.2) is 5.82 Å². The van der Waals surface area contributed by atoms with Gasteiger partial charge in [0.1, 0.15) is 11.6 Å². The Hall–Kier alpha value is -4.66. The fourth-order valence-corrected chi connectivity index (χ4v) is 4.25. The number of fused-ring (bicyclic) bond motifs is 1. The third-order valence-corrected chi connectivity index (χ3v) is 5.68. The van der Waals surface area contributed by atoms with Gasteiger partial charge in [-0.05, 0) is 43.7 Å². The lowest BCUT2D eigenvalue weighted by molar-refractivity contribution is 0.0602. The van der Waals surface area contributed by atoms with Crippen LogP contribution >= 0.6 is 0 Å². The molecule has 0 aliphatic carbocycles. The number of esters is 1. The van der Waals surface area contributed by atoms with Gasteiger partial charge in [-0.1, -0.05) is 30.3 Å². The molecular formula is C26H22N4O5. The molecular weight excluding hydrogens is 448 g/mol. The molecule has 3 aromatic carbocycles. The Morgan fingerprint density at radius 1 is 1.03 bits per heavy atom. The number of ether oxygens (including phenoxy) is 2. The van der Waals surface area contributed by atoms with Crippen molar-refractivity contribution in [1.29, 1.82) is 0 Å². The summed E-state index contributed by atoms with van der Waals surface area (Å²) in [7, 11) is 1.36. The number of rotatable bonds is 6. The van der Waals surface area contributed by atoms with E-state index in [1.807, 2.05) is 66.9 Å². The van der Waals surface area contributed by atoms with Gasteiger partial charge in [0, 0.05) is 17.2 Å². The standard InChI is InChI=1S/C26H22N4O5/c1-4-34-22-14-16(30-15(2)27-21-11-7-10-20(23(21)30)25(31)33-3)12-13-18(22)17-8-5-6-9-19(17)24-28-26(32)35-29-24/h5-14H,4H2,1-3H3,(H,28,29,32). The van der Waals surface area contributed by atoms with E-state index in [0.29, 0.717) is 46.2 Å². The summed E-state index contributed by atoms with van der Waals surface area (Å²) in [4.78, 5) is 32.5. The van der Waals surface area contributed by atoms with Crippen LogP contribution in [0.2, 0.25) is 0 Å². The number of nitrogens with zero attached hydrogens (tertiary/aromatic N) is 3. The molecule has 5 rings (SSSR count). The van der Waals surface area contributed by atoms with E-state index in [4.69, 9.17) is 14.0 Å². The molecule has 2 heterocycles. The average molecular weight is 470 g/mol. The van der Waals surface area contributed by atoms with E-state index in [1.54, 1.807) is 12.1 Å². The van der Waals surface area contributed by atoms with Crippen molar-refractivity contribution in [1.82, 2.24) is 19.7 Å². The van der Waals surface area contributed by atoms with Gasteiger partial charge in [-0.2, -0.15) is 10.1 Å². The number of H-pyrrole nitrogens is 1. The fraction of sp³-hybridized carbons (Fsp3) is 0.154. The maximum atomic E-state index is 12.5. The van der Waals surface area contributed by atoms with Gasteiger partial charge in [-0.15, -0.1) is 0 Å². The number of imidazole rings is 1. The summed E-state index contributed by atoms with van der Waals surface area (Å²) >= 11 is 0. The van der Waals surface area contributed by atoms with Crippen LogP contribution in [0.4, 0.5) is 0 Å². The lowest BCUT2D eigenvalue weighted by Gasteiger charge is -2.16. The number of nitrogens with one attached hydrogen (secondary N) is 1. The number of hydrogen-bond donors (Lipinski definition) is 1. The zero-order valence-electron chi connectivity index (χ0n) is 19.4. The van der Waals surface area contributed by atoms with E-state index in [2.05, 4.69) is 15.1 Å². The van der Waals surface area contributed by atoms with Gasteiger partial charge in [0.25, 0.3) is 0 Å². The molecule has 0 radical (unpaired) electrons. The second-order valence-electron chi connectivity index (χ2n) is 7.75. The fourth-order valence-electron chi connectivity index (χ4n) is 4.25. The largest absolute Gasteiger partial charge is 0.493 e. The second-order valence-corrected chi connectivity index (χ2v) is 7.75. The minimum absolute atomic E-state index is 0.330. The van der Waals surface area contributed by atoms with Crippen LogP contribution in [0.5, 0.6) is 5.75 Å². The first-order valence-corrected chi connectivity index (χ1v) is 11.0. The predicted molar refractivity (Wildman–Crippen MR) is 130 cm³/mol. The SMILES string of the molecule is CCOc1cc(-n2c(C)nc3cccc(C(=O)OC)c32)ccc1-c1ccccc1-c1nc(=O)o[nH]1. The van der Waals surface area contributed by atoms with Crippen molar-refractivity contribution >= 4 is 17.0 Å². The molecule has 0 saturated heterocycles. The maximum Gasteiger partial charge on any atom is 0.460 e. The van der Waals surface area contributed by atoms with Gasteiger partial charge in [0.2, 0.25) is 0 Å². The normalized spacial score (nSPS) is 11.1. The molecule has 0 amide bonds. The van der Waals surface area contributed by atoms with E-state index in [0.717, 1.165) is 16.8 Å². The van der Waals surface area contributed by atoms with E-state index in [1.165, 1.54) is 7.11 Å². The summed E-state index contributed by atoms with van der Waals surface area (Å²) < 4.78 is 17.7. The Labute approximate surface area is 199 Å². The Morgan fingerprint density at radius 3 is 2.54 bits per heavy atom. The van der Waals surface area contributed by atoms with Gasteiger partial charge >= 0.3 is 11.7 Å². The van der Waals surface area contributed by atoms with E-state index in [9.17, 15) is 9.59 Å². The van der Waals surface area contributed by atoms with Crippen molar-refractivity contribution in [2.45, 2.75) is 13.8 Å². The molecule has 0 saturated carbocycles. The second kappa shape index (κ2) is 8.94. The highest BCUT2D eigenvalue weighted by atomic mass is 16.5. The first-order chi connectivity index (χ1) is 17.0. The van der Waals surface area contributed by atoms with Crippen LogP contribution in [-0.2, 0) is 4.74 Å². The van der Waals surface area contributed by atoms with Crippen molar-refractivity contribution in [2.24, 2.45) is 0 Å². The Balaban J connectivity index is 1.71. The molecule has 176 valence electrons. The summed E-state index contributed by atoms with van der Waals surface area (Å²) in [6, 6.07) is 18.7. The Bertz CT molecular complexity index is 1610. The van der Waals surface area contributed by atoms with E-state index < -0.39 is 11.7 Å². The minimum Gasteiger partial charge on any atom is -0.493 e. The Morgan fingerprint density at radius 2 is 1.83 bits per heavy atom. The molecule has 0 aliphatic rings. The molecule has 9 nitrogen and oxygen atoms in total. The highest BCUT2D eigenvalue weighted by molar-refractivity contribution is 6.03. The molecule has 2 aromatic heterocycles. The molecule has 1 N–H and O–H groups in total. The van der Waals surface area contributed by atoms with Crippen LogP contribution in [-0.4, -0.2) is 39.4 Å². The number of carbonyl (C=O) groups is 1. The van der Waals surface area contributed by atoms with Crippen LogP contribution in [0, 0.1) is 6.92 Å². The summed E-state index contributed by atoms with van der Waals surface area (Å²) in [5, 5.41) is 2.57. The lowest BCUT2D eigenvalue weighted by atomic mass is 9.98. The molecule has 0 bridgehead atoms. The number of hydrogen-bond acceptors (Lipinski definition) is 7. The highest BCUT2D eigenvalue weighted by Gasteiger charge is 2.20. The molecule has 0 aliphatic heterocycles. The third-order valence-electron chi connectivity index (χ3n) is 5.68. The summed E-state index contributed by atoms with van der Waals surface area (Å²) in [5.74, 6) is 0.538. The van der Waals surface area contributed by atoms with E-state index >= 15 is 0 Å². The van der Waals surface area contributed by atoms with Crippen molar-refractivity contribution in [3.63, 3.8) is 0 Å². The number of methoxy groups -OCH3 is 1. The topological polar surface area (TPSA) is 112 Å².